The molecular weight excluding hydrogens is 455 g/mol. The van der Waals surface area contributed by atoms with E-state index in [1.165, 1.54) is 51.7 Å². The van der Waals surface area contributed by atoms with E-state index in [0.717, 1.165) is 4.31 Å². The van der Waals surface area contributed by atoms with Gasteiger partial charge in [-0.25, -0.2) is 8.42 Å². The third-order valence-electron chi connectivity index (χ3n) is 4.18. The topological polar surface area (TPSA) is 94.2 Å². The van der Waals surface area contributed by atoms with E-state index in [1.807, 2.05) is 0 Å². The van der Waals surface area contributed by atoms with Crippen LogP contribution in [0.3, 0.4) is 0 Å². The summed E-state index contributed by atoms with van der Waals surface area (Å²) in [7, 11) is 0.319. The Labute approximate surface area is 185 Å². The summed E-state index contributed by atoms with van der Waals surface area (Å²) in [5.41, 5.74) is 0.296. The quantitative estimate of drug-likeness (QED) is 0.593. The van der Waals surface area contributed by atoms with Gasteiger partial charge in [-0.1, -0.05) is 30.1 Å². The molecule has 164 valence electrons. The maximum Gasteiger partial charge on any atom is 0.243 e. The fraction of sp³-hybridized carbons (Fsp3) is 0.316. The van der Waals surface area contributed by atoms with Gasteiger partial charge in [-0.3, -0.25) is 4.79 Å². The lowest BCUT2D eigenvalue weighted by molar-refractivity contribution is -0.116. The van der Waals surface area contributed by atoms with E-state index in [-0.39, 0.29) is 16.5 Å². The van der Waals surface area contributed by atoms with Crippen molar-refractivity contribution in [1.29, 1.82) is 0 Å². The maximum atomic E-state index is 13.0. The molecule has 0 atom stereocenters. The number of rotatable bonds is 9. The Morgan fingerprint density at radius 3 is 2.10 bits per heavy atom. The molecule has 0 heterocycles. The molecule has 2 aromatic carbocycles. The molecule has 0 saturated heterocycles. The molecule has 0 spiro atoms. The molecule has 1 N–H and O–H groups in total. The first-order valence-electron chi connectivity index (χ1n) is 8.73. The number of nitrogens with one attached hydrogen (secondary N) is 1. The van der Waals surface area contributed by atoms with Crippen LogP contribution in [-0.4, -0.2) is 53.0 Å². The lowest BCUT2D eigenvalue weighted by Gasteiger charge is -2.21. The molecule has 8 nitrogen and oxygen atoms in total. The van der Waals surface area contributed by atoms with E-state index in [1.54, 1.807) is 6.92 Å². The van der Waals surface area contributed by atoms with Gasteiger partial charge in [-0.05, 0) is 18.2 Å². The van der Waals surface area contributed by atoms with Crippen molar-refractivity contribution < 1.29 is 27.4 Å². The highest BCUT2D eigenvalue weighted by molar-refractivity contribution is 7.89. The van der Waals surface area contributed by atoms with Gasteiger partial charge in [0.1, 0.15) is 17.2 Å². The Hall–Kier alpha value is -2.20. The number of benzene rings is 2. The summed E-state index contributed by atoms with van der Waals surface area (Å²) in [6, 6.07) is 7.09. The number of methoxy groups -OCH3 is 3. The minimum Gasteiger partial charge on any atom is -0.495 e. The number of amides is 1. The van der Waals surface area contributed by atoms with Crippen LogP contribution in [0.5, 0.6) is 17.2 Å². The molecule has 0 aliphatic heterocycles. The minimum atomic E-state index is -3.97. The van der Waals surface area contributed by atoms with Crippen molar-refractivity contribution in [1.82, 2.24) is 4.31 Å². The molecule has 30 heavy (non-hydrogen) atoms. The van der Waals surface area contributed by atoms with E-state index >= 15 is 0 Å². The predicted octanol–water partition coefficient (Wildman–Crippen LogP) is 3.67. The van der Waals surface area contributed by atoms with Gasteiger partial charge in [0.05, 0.1) is 48.5 Å². The third kappa shape index (κ3) is 5.28. The van der Waals surface area contributed by atoms with Gasteiger partial charge in [0, 0.05) is 18.7 Å². The van der Waals surface area contributed by atoms with Crippen molar-refractivity contribution in [3.63, 3.8) is 0 Å². The SMILES string of the molecule is CCN(CC(=O)Nc1cc(OC)c(Cl)cc1OC)S(=O)(=O)c1ccc(OC)c(Cl)c1. The maximum absolute atomic E-state index is 13.0. The number of carbonyl (C=O) groups is 1. The zero-order chi connectivity index (χ0) is 22.5. The van der Waals surface area contributed by atoms with E-state index in [4.69, 9.17) is 37.4 Å². The van der Waals surface area contributed by atoms with Crippen LogP contribution in [-0.2, 0) is 14.8 Å². The Balaban J connectivity index is 2.25. The van der Waals surface area contributed by atoms with Gasteiger partial charge in [-0.15, -0.1) is 0 Å². The summed E-state index contributed by atoms with van der Waals surface area (Å²) in [6.07, 6.45) is 0. The molecule has 0 aliphatic rings. The number of anilines is 1. The van der Waals surface area contributed by atoms with Crippen LogP contribution in [0.25, 0.3) is 0 Å². The largest absolute Gasteiger partial charge is 0.495 e. The van der Waals surface area contributed by atoms with Crippen molar-refractivity contribution in [3.8, 4) is 17.2 Å². The third-order valence-corrected chi connectivity index (χ3v) is 6.69. The summed E-state index contributed by atoms with van der Waals surface area (Å²) in [5, 5.41) is 3.08. The summed E-state index contributed by atoms with van der Waals surface area (Å²) in [4.78, 5) is 12.5. The fourth-order valence-corrected chi connectivity index (χ4v) is 4.62. The standard InChI is InChI=1S/C19H22Cl2N2O6S/c1-5-23(30(25,26)12-6-7-16(27-2)13(20)8-12)11-19(24)22-15-10-17(28-3)14(21)9-18(15)29-4/h6-10H,5,11H2,1-4H3,(H,22,24). The number of halogens is 2. The number of hydrogen-bond acceptors (Lipinski definition) is 6. The van der Waals surface area contributed by atoms with E-state index in [9.17, 15) is 13.2 Å². The number of likely N-dealkylation sites (N-methyl/N-ethyl adjacent to an activating group) is 1. The number of nitrogens with zero attached hydrogens (tertiary/aromatic N) is 1. The van der Waals surface area contributed by atoms with Crippen molar-refractivity contribution in [2.75, 3.05) is 39.7 Å². The van der Waals surface area contributed by atoms with Gasteiger partial charge >= 0.3 is 0 Å². The molecule has 0 radical (unpaired) electrons. The van der Waals surface area contributed by atoms with Crippen LogP contribution in [0.4, 0.5) is 5.69 Å². The normalized spacial score (nSPS) is 11.3. The first kappa shape index (κ1) is 24.1. The highest BCUT2D eigenvalue weighted by Crippen LogP contribution is 2.36. The Morgan fingerprint density at radius 2 is 1.57 bits per heavy atom. The summed E-state index contributed by atoms with van der Waals surface area (Å²) < 4.78 is 42.3. The fourth-order valence-electron chi connectivity index (χ4n) is 2.63. The Morgan fingerprint density at radius 1 is 0.967 bits per heavy atom. The molecular formula is C19H22Cl2N2O6S. The zero-order valence-electron chi connectivity index (χ0n) is 16.9. The number of sulfonamides is 1. The van der Waals surface area contributed by atoms with Crippen molar-refractivity contribution in [2.45, 2.75) is 11.8 Å². The predicted molar refractivity (Wildman–Crippen MR) is 116 cm³/mol. The average molecular weight is 477 g/mol. The highest BCUT2D eigenvalue weighted by atomic mass is 35.5. The average Bonchev–Trinajstić information content (AvgIpc) is 2.72. The Bertz CT molecular complexity index is 1030. The van der Waals surface area contributed by atoms with Gasteiger partial charge in [0.25, 0.3) is 0 Å². The summed E-state index contributed by atoms with van der Waals surface area (Å²) >= 11 is 12.1. The zero-order valence-corrected chi connectivity index (χ0v) is 19.2. The molecule has 0 fully saturated rings. The van der Waals surface area contributed by atoms with E-state index < -0.39 is 22.5 Å². The molecule has 0 aliphatic carbocycles. The van der Waals surface area contributed by atoms with Crippen LogP contribution in [0.15, 0.2) is 35.2 Å². The molecule has 2 rings (SSSR count). The van der Waals surface area contributed by atoms with Crippen molar-refractivity contribution in [2.24, 2.45) is 0 Å². The summed E-state index contributed by atoms with van der Waals surface area (Å²) in [5.74, 6) is 0.422. The molecule has 0 saturated carbocycles. The van der Waals surface area contributed by atoms with E-state index in [2.05, 4.69) is 5.32 Å². The monoisotopic (exact) mass is 476 g/mol. The molecule has 0 bridgehead atoms. The second kappa shape index (κ2) is 10.2. The summed E-state index contributed by atoms with van der Waals surface area (Å²) in [6.45, 7) is 1.28. The lowest BCUT2D eigenvalue weighted by Crippen LogP contribution is -2.37. The van der Waals surface area contributed by atoms with Gasteiger partial charge in [0.2, 0.25) is 15.9 Å². The van der Waals surface area contributed by atoms with Crippen LogP contribution < -0.4 is 19.5 Å². The second-order valence-corrected chi connectivity index (χ2v) is 8.72. The van der Waals surface area contributed by atoms with Crippen molar-refractivity contribution in [3.05, 3.63) is 40.4 Å². The molecule has 0 unspecified atom stereocenters. The highest BCUT2D eigenvalue weighted by Gasteiger charge is 2.26. The van der Waals surface area contributed by atoms with Gasteiger partial charge in [0.15, 0.2) is 0 Å². The first-order valence-corrected chi connectivity index (χ1v) is 10.9. The molecule has 1 amide bonds. The molecule has 2 aromatic rings. The number of ether oxygens (including phenoxy) is 3. The van der Waals surface area contributed by atoms with Crippen LogP contribution in [0, 0.1) is 0 Å². The number of carbonyl (C=O) groups excluding carboxylic acids is 1. The smallest absolute Gasteiger partial charge is 0.243 e. The Kier molecular flexibility index (Phi) is 8.19. The molecule has 0 aromatic heterocycles. The minimum absolute atomic E-state index is 0.0475. The van der Waals surface area contributed by atoms with Crippen LogP contribution in [0.1, 0.15) is 6.92 Å². The lowest BCUT2D eigenvalue weighted by atomic mass is 10.2. The van der Waals surface area contributed by atoms with Gasteiger partial charge < -0.3 is 19.5 Å². The molecule has 11 heteroatoms. The van der Waals surface area contributed by atoms with E-state index in [0.29, 0.717) is 28.0 Å². The second-order valence-electron chi connectivity index (χ2n) is 5.96. The van der Waals surface area contributed by atoms with Crippen LogP contribution in [0.2, 0.25) is 10.0 Å². The van der Waals surface area contributed by atoms with Gasteiger partial charge in [-0.2, -0.15) is 4.31 Å². The van der Waals surface area contributed by atoms with Crippen molar-refractivity contribution >= 4 is 44.8 Å². The van der Waals surface area contributed by atoms with Crippen LogP contribution >= 0.6 is 23.2 Å². The number of hydrogen-bond donors (Lipinski definition) is 1. The first-order chi connectivity index (χ1) is 14.2.